The van der Waals surface area contributed by atoms with Gasteiger partial charge in [0.1, 0.15) is 5.25 Å². The van der Waals surface area contributed by atoms with Crippen LogP contribution >= 0.6 is 0 Å². The van der Waals surface area contributed by atoms with Crippen molar-refractivity contribution in [2.45, 2.75) is 38.0 Å². The zero-order valence-corrected chi connectivity index (χ0v) is 10.4. The highest BCUT2D eigenvalue weighted by Gasteiger charge is 2.23. The second-order valence-electron chi connectivity index (χ2n) is 3.78. The molecule has 0 aromatic carbocycles. The summed E-state index contributed by atoms with van der Waals surface area (Å²) < 4.78 is 27.4. The Hall–Kier alpha value is -0.950. The van der Waals surface area contributed by atoms with Crippen LogP contribution in [0.25, 0.3) is 0 Å². The van der Waals surface area contributed by atoms with Crippen LogP contribution < -0.4 is 0 Å². The van der Waals surface area contributed by atoms with Gasteiger partial charge in [-0.2, -0.15) is 4.98 Å². The van der Waals surface area contributed by atoms with Gasteiger partial charge in [0.2, 0.25) is 5.89 Å². The van der Waals surface area contributed by atoms with Crippen molar-refractivity contribution in [1.29, 1.82) is 0 Å². The summed E-state index contributed by atoms with van der Waals surface area (Å²) in [5.74, 6) is 0.403. The molecule has 0 radical (unpaired) electrons. The minimum atomic E-state index is -3.22. The van der Waals surface area contributed by atoms with E-state index in [-0.39, 0.29) is 18.1 Å². The Morgan fingerprint density at radius 1 is 1.50 bits per heavy atom. The number of hydrogen-bond acceptors (Lipinski definition) is 6. The Kier molecular flexibility index (Phi) is 4.03. The normalized spacial score (nSPS) is 16.0. The summed E-state index contributed by atoms with van der Waals surface area (Å²) in [4.78, 5) is 3.95. The Morgan fingerprint density at radius 3 is 2.62 bits per heavy atom. The smallest absolute Gasteiger partial charge is 0.229 e. The number of aliphatic hydroxyl groups excluding tert-OH is 1. The molecule has 0 saturated heterocycles. The first kappa shape index (κ1) is 13.1. The van der Waals surface area contributed by atoms with Crippen LogP contribution in [0.5, 0.6) is 0 Å². The van der Waals surface area contributed by atoms with E-state index in [0.717, 1.165) is 6.26 Å². The van der Waals surface area contributed by atoms with E-state index >= 15 is 0 Å². The molecule has 6 nitrogen and oxygen atoms in total. The molecule has 1 heterocycles. The third-order valence-electron chi connectivity index (χ3n) is 2.37. The molecule has 0 bridgehead atoms. The van der Waals surface area contributed by atoms with E-state index in [2.05, 4.69) is 10.1 Å². The van der Waals surface area contributed by atoms with Crippen LogP contribution in [-0.4, -0.2) is 36.0 Å². The van der Waals surface area contributed by atoms with Crippen molar-refractivity contribution >= 4 is 9.84 Å². The molecule has 0 aliphatic heterocycles. The van der Waals surface area contributed by atoms with Crippen LogP contribution in [0.3, 0.4) is 0 Å². The fraction of sp³-hybridized carbons (Fsp3) is 0.778. The number of hydrogen-bond donors (Lipinski definition) is 1. The van der Waals surface area contributed by atoms with Crippen LogP contribution in [0, 0.1) is 0 Å². The molecule has 1 aromatic heterocycles. The SMILES string of the molecule is CCC(O)Cc1nc(C(C)S(C)(=O)=O)no1. The summed E-state index contributed by atoms with van der Waals surface area (Å²) in [6, 6.07) is 0. The van der Waals surface area contributed by atoms with Gasteiger partial charge in [-0.25, -0.2) is 8.42 Å². The Bertz CT molecular complexity index is 440. The molecular weight excluding hydrogens is 232 g/mol. The monoisotopic (exact) mass is 248 g/mol. The molecule has 1 rings (SSSR count). The molecular formula is C9H16N2O4S. The molecule has 2 atom stereocenters. The van der Waals surface area contributed by atoms with Gasteiger partial charge in [0.15, 0.2) is 15.7 Å². The summed E-state index contributed by atoms with van der Waals surface area (Å²) in [6.07, 6.45) is 1.41. The summed E-state index contributed by atoms with van der Waals surface area (Å²) in [7, 11) is -3.22. The van der Waals surface area contributed by atoms with E-state index in [9.17, 15) is 13.5 Å². The molecule has 2 unspecified atom stereocenters. The number of nitrogens with zero attached hydrogens (tertiary/aromatic N) is 2. The van der Waals surface area contributed by atoms with Gasteiger partial charge in [0.25, 0.3) is 0 Å². The van der Waals surface area contributed by atoms with E-state index in [1.807, 2.05) is 6.92 Å². The summed E-state index contributed by atoms with van der Waals surface area (Å²) in [6.45, 7) is 3.33. The van der Waals surface area contributed by atoms with Crippen molar-refractivity contribution in [3.63, 3.8) is 0 Å². The first-order valence-corrected chi connectivity index (χ1v) is 6.99. The first-order chi connectivity index (χ1) is 7.34. The fourth-order valence-corrected chi connectivity index (χ4v) is 1.53. The van der Waals surface area contributed by atoms with Gasteiger partial charge in [0.05, 0.1) is 12.5 Å². The van der Waals surface area contributed by atoms with Crippen molar-refractivity contribution in [2.75, 3.05) is 6.26 Å². The van der Waals surface area contributed by atoms with Gasteiger partial charge >= 0.3 is 0 Å². The van der Waals surface area contributed by atoms with Crippen LogP contribution in [-0.2, 0) is 16.3 Å². The largest absolute Gasteiger partial charge is 0.393 e. The third-order valence-corrected chi connectivity index (χ3v) is 3.87. The van der Waals surface area contributed by atoms with Gasteiger partial charge < -0.3 is 9.63 Å². The van der Waals surface area contributed by atoms with Crippen LogP contribution in [0.15, 0.2) is 4.52 Å². The standard InChI is InChI=1S/C9H16N2O4S/c1-4-7(12)5-8-10-9(11-15-8)6(2)16(3,13)14/h6-7,12H,4-5H2,1-3H3. The molecule has 1 aromatic rings. The van der Waals surface area contributed by atoms with Crippen molar-refractivity contribution in [3.05, 3.63) is 11.7 Å². The van der Waals surface area contributed by atoms with Gasteiger partial charge in [-0.3, -0.25) is 0 Å². The average Bonchev–Trinajstić information content (AvgIpc) is 2.63. The lowest BCUT2D eigenvalue weighted by Crippen LogP contribution is -2.11. The van der Waals surface area contributed by atoms with Gasteiger partial charge in [0, 0.05) is 6.26 Å². The van der Waals surface area contributed by atoms with Gasteiger partial charge in [-0.15, -0.1) is 0 Å². The quantitative estimate of drug-likeness (QED) is 0.815. The van der Waals surface area contributed by atoms with E-state index in [0.29, 0.717) is 6.42 Å². The number of rotatable bonds is 5. The van der Waals surface area contributed by atoms with Gasteiger partial charge in [-0.1, -0.05) is 12.1 Å². The van der Waals surface area contributed by atoms with Crippen molar-refractivity contribution in [1.82, 2.24) is 10.1 Å². The highest BCUT2D eigenvalue weighted by molar-refractivity contribution is 7.90. The van der Waals surface area contributed by atoms with Crippen molar-refractivity contribution in [3.8, 4) is 0 Å². The van der Waals surface area contributed by atoms with E-state index in [1.54, 1.807) is 0 Å². The van der Waals surface area contributed by atoms with Crippen LogP contribution in [0.2, 0.25) is 0 Å². The van der Waals surface area contributed by atoms with Crippen molar-refractivity contribution in [2.24, 2.45) is 0 Å². The molecule has 0 aliphatic carbocycles. The Balaban J connectivity index is 2.79. The molecule has 16 heavy (non-hydrogen) atoms. The lowest BCUT2D eigenvalue weighted by molar-refractivity contribution is 0.158. The molecule has 0 amide bonds. The van der Waals surface area contributed by atoms with E-state index < -0.39 is 21.2 Å². The fourth-order valence-electron chi connectivity index (χ4n) is 1.05. The molecule has 0 spiro atoms. The Morgan fingerprint density at radius 2 is 2.12 bits per heavy atom. The average molecular weight is 248 g/mol. The lowest BCUT2D eigenvalue weighted by Gasteiger charge is -2.02. The second-order valence-corrected chi connectivity index (χ2v) is 6.15. The summed E-state index contributed by atoms with van der Waals surface area (Å²) in [5.41, 5.74) is 0. The predicted molar refractivity (Wildman–Crippen MR) is 57.6 cm³/mol. The minimum Gasteiger partial charge on any atom is -0.393 e. The maximum Gasteiger partial charge on any atom is 0.229 e. The molecule has 0 fully saturated rings. The first-order valence-electron chi connectivity index (χ1n) is 5.04. The Labute approximate surface area is 94.6 Å². The molecule has 0 aliphatic rings. The van der Waals surface area contributed by atoms with Crippen LogP contribution in [0.4, 0.5) is 0 Å². The predicted octanol–water partition coefficient (Wildman–Crippen LogP) is 0.489. The molecule has 7 heteroatoms. The van der Waals surface area contributed by atoms with Gasteiger partial charge in [-0.05, 0) is 13.3 Å². The van der Waals surface area contributed by atoms with Crippen LogP contribution in [0.1, 0.15) is 37.2 Å². The highest BCUT2D eigenvalue weighted by atomic mass is 32.2. The zero-order valence-electron chi connectivity index (χ0n) is 9.54. The summed E-state index contributed by atoms with van der Waals surface area (Å²) >= 11 is 0. The zero-order chi connectivity index (χ0) is 12.3. The number of aromatic nitrogens is 2. The minimum absolute atomic E-state index is 0.140. The molecule has 1 N–H and O–H groups in total. The highest BCUT2D eigenvalue weighted by Crippen LogP contribution is 2.18. The topological polar surface area (TPSA) is 93.3 Å². The lowest BCUT2D eigenvalue weighted by atomic mass is 10.2. The van der Waals surface area contributed by atoms with Crippen molar-refractivity contribution < 1.29 is 18.0 Å². The van der Waals surface area contributed by atoms with E-state index in [4.69, 9.17) is 4.52 Å². The maximum atomic E-state index is 11.2. The molecule has 92 valence electrons. The third kappa shape index (κ3) is 3.28. The number of sulfone groups is 1. The number of aliphatic hydroxyl groups is 1. The summed E-state index contributed by atoms with van der Waals surface area (Å²) in [5, 5.41) is 12.2. The molecule has 0 saturated carbocycles. The second kappa shape index (κ2) is 4.92. The maximum absolute atomic E-state index is 11.2. The van der Waals surface area contributed by atoms with E-state index in [1.165, 1.54) is 6.92 Å².